The molecule has 0 radical (unpaired) electrons. The van der Waals surface area contributed by atoms with Crippen molar-refractivity contribution in [3.05, 3.63) is 48.0 Å². The lowest BCUT2D eigenvalue weighted by Crippen LogP contribution is -2.23. The van der Waals surface area contributed by atoms with Crippen molar-refractivity contribution in [1.29, 1.82) is 0 Å². The smallest absolute Gasteiger partial charge is 0.305 e. The molecule has 1 aliphatic rings. The molecule has 20 heavy (non-hydrogen) atoms. The normalized spacial score (nSPS) is 17.4. The molecule has 0 saturated carbocycles. The fourth-order valence-electron chi connectivity index (χ4n) is 2.56. The second kappa shape index (κ2) is 7.04. The van der Waals surface area contributed by atoms with Crippen LogP contribution in [0.4, 0.5) is 0 Å². The van der Waals surface area contributed by atoms with Gasteiger partial charge in [0.2, 0.25) is 0 Å². The van der Waals surface area contributed by atoms with E-state index in [0.717, 1.165) is 24.0 Å². The van der Waals surface area contributed by atoms with Gasteiger partial charge in [0.1, 0.15) is 0 Å². The molecule has 0 N–H and O–H groups in total. The zero-order valence-corrected chi connectivity index (χ0v) is 11.6. The van der Waals surface area contributed by atoms with Crippen LogP contribution < -0.4 is 0 Å². The third-order valence-electron chi connectivity index (χ3n) is 3.70. The van der Waals surface area contributed by atoms with E-state index in [1.165, 1.54) is 0 Å². The second-order valence-corrected chi connectivity index (χ2v) is 5.09. The molecular formula is C17H20O3. The van der Waals surface area contributed by atoms with Crippen LogP contribution in [0, 0.1) is 5.92 Å². The molecule has 1 unspecified atom stereocenters. The van der Waals surface area contributed by atoms with E-state index in [0.29, 0.717) is 25.9 Å². The molecule has 3 nitrogen and oxygen atoms in total. The molecule has 0 amide bonds. The minimum atomic E-state index is -0.224. The Morgan fingerprint density at radius 3 is 3.00 bits per heavy atom. The Hall–Kier alpha value is -1.90. The Bertz CT molecular complexity index is 505. The average Bonchev–Trinajstić information content (AvgIpc) is 2.47. The number of ether oxygens (including phenoxy) is 1. The van der Waals surface area contributed by atoms with Crippen LogP contribution in [-0.2, 0) is 16.0 Å². The molecule has 0 spiro atoms. The predicted molar refractivity (Wildman–Crippen MR) is 77.6 cm³/mol. The lowest BCUT2D eigenvalue weighted by Gasteiger charge is -2.22. The van der Waals surface area contributed by atoms with Crippen LogP contribution in [0.25, 0.3) is 0 Å². The van der Waals surface area contributed by atoms with Gasteiger partial charge in [-0.3, -0.25) is 9.59 Å². The first-order valence-electron chi connectivity index (χ1n) is 7.11. The number of hydrogen-bond acceptors (Lipinski definition) is 3. The maximum absolute atomic E-state index is 12.3. The summed E-state index contributed by atoms with van der Waals surface area (Å²) in [4.78, 5) is 23.9. The highest BCUT2D eigenvalue weighted by Crippen LogP contribution is 2.28. The predicted octanol–water partition coefficient (Wildman–Crippen LogP) is 3.33. The Morgan fingerprint density at radius 1 is 1.40 bits per heavy atom. The van der Waals surface area contributed by atoms with Crippen molar-refractivity contribution < 1.29 is 14.3 Å². The summed E-state index contributed by atoms with van der Waals surface area (Å²) < 4.78 is 5.06. The molecule has 0 heterocycles. The maximum Gasteiger partial charge on any atom is 0.305 e. The van der Waals surface area contributed by atoms with Crippen molar-refractivity contribution in [2.75, 3.05) is 6.61 Å². The van der Waals surface area contributed by atoms with Crippen LogP contribution in [0.2, 0.25) is 0 Å². The molecule has 3 heteroatoms. The topological polar surface area (TPSA) is 43.4 Å². The van der Waals surface area contributed by atoms with Gasteiger partial charge in [0.25, 0.3) is 0 Å². The summed E-state index contributed by atoms with van der Waals surface area (Å²) >= 11 is 0. The second-order valence-electron chi connectivity index (χ2n) is 5.09. The van der Waals surface area contributed by atoms with Gasteiger partial charge < -0.3 is 4.74 Å². The van der Waals surface area contributed by atoms with Crippen LogP contribution >= 0.6 is 0 Å². The lowest BCUT2D eigenvalue weighted by molar-refractivity contribution is -0.143. The number of aryl methyl sites for hydroxylation is 1. The summed E-state index contributed by atoms with van der Waals surface area (Å²) in [5, 5.41) is 0. The number of hydrogen-bond donors (Lipinski definition) is 0. The van der Waals surface area contributed by atoms with Gasteiger partial charge in [-0.15, -0.1) is 6.58 Å². The Balaban J connectivity index is 1.85. The molecule has 0 aliphatic heterocycles. The number of esters is 1. The molecule has 1 atom stereocenters. The molecule has 1 aromatic rings. The van der Waals surface area contributed by atoms with Gasteiger partial charge in [-0.05, 0) is 31.2 Å². The van der Waals surface area contributed by atoms with Gasteiger partial charge in [-0.2, -0.15) is 0 Å². The third kappa shape index (κ3) is 3.56. The van der Waals surface area contributed by atoms with E-state index in [1.807, 2.05) is 24.3 Å². The average molecular weight is 272 g/mol. The molecule has 2 rings (SSSR count). The van der Waals surface area contributed by atoms with Crippen molar-refractivity contribution in [3.8, 4) is 0 Å². The molecular weight excluding hydrogens is 252 g/mol. The summed E-state index contributed by atoms with van der Waals surface area (Å²) in [6.07, 6.45) is 5.03. The number of fused-ring (bicyclic) bond motifs is 1. The highest BCUT2D eigenvalue weighted by Gasteiger charge is 2.27. The van der Waals surface area contributed by atoms with Crippen LogP contribution in [0.3, 0.4) is 0 Å². The molecule has 106 valence electrons. The molecule has 0 saturated heterocycles. The van der Waals surface area contributed by atoms with E-state index in [4.69, 9.17) is 4.74 Å². The zero-order valence-electron chi connectivity index (χ0n) is 11.6. The molecule has 1 aliphatic carbocycles. The van der Waals surface area contributed by atoms with E-state index in [9.17, 15) is 9.59 Å². The van der Waals surface area contributed by atoms with Gasteiger partial charge in [0.05, 0.1) is 6.61 Å². The van der Waals surface area contributed by atoms with E-state index in [2.05, 4.69) is 6.58 Å². The molecule has 0 bridgehead atoms. The number of Topliss-reactive ketones (excluding diaryl/α,β-unsaturated/α-hetero) is 1. The van der Waals surface area contributed by atoms with Crippen molar-refractivity contribution >= 4 is 11.8 Å². The highest BCUT2D eigenvalue weighted by atomic mass is 16.5. The SMILES string of the molecule is C=CCCOC(=O)CCC1CCc2ccccc2C1=O. The fraction of sp³-hybridized carbons (Fsp3) is 0.412. The largest absolute Gasteiger partial charge is 0.465 e. The van der Waals surface area contributed by atoms with Gasteiger partial charge in [0.15, 0.2) is 5.78 Å². The minimum absolute atomic E-state index is 0.0446. The third-order valence-corrected chi connectivity index (χ3v) is 3.70. The first-order chi connectivity index (χ1) is 9.72. The van der Waals surface area contributed by atoms with Gasteiger partial charge in [-0.25, -0.2) is 0 Å². The number of carbonyl (C=O) groups excluding carboxylic acids is 2. The Kier molecular flexibility index (Phi) is 5.10. The number of carbonyl (C=O) groups is 2. The number of rotatable bonds is 6. The quantitative estimate of drug-likeness (QED) is 0.453. The summed E-state index contributed by atoms with van der Waals surface area (Å²) in [5.41, 5.74) is 1.95. The highest BCUT2D eigenvalue weighted by molar-refractivity contribution is 6.00. The van der Waals surface area contributed by atoms with Crippen LogP contribution in [0.5, 0.6) is 0 Å². The van der Waals surface area contributed by atoms with Crippen molar-refractivity contribution in [3.63, 3.8) is 0 Å². The van der Waals surface area contributed by atoms with E-state index in [1.54, 1.807) is 6.08 Å². The van der Waals surface area contributed by atoms with E-state index < -0.39 is 0 Å². The summed E-state index contributed by atoms with van der Waals surface area (Å²) in [6.45, 7) is 3.95. The summed E-state index contributed by atoms with van der Waals surface area (Å²) in [7, 11) is 0. The van der Waals surface area contributed by atoms with Crippen molar-refractivity contribution in [2.45, 2.75) is 32.1 Å². The monoisotopic (exact) mass is 272 g/mol. The first-order valence-corrected chi connectivity index (χ1v) is 7.11. The van der Waals surface area contributed by atoms with Crippen LogP contribution in [0.1, 0.15) is 41.6 Å². The van der Waals surface area contributed by atoms with Crippen LogP contribution in [-0.4, -0.2) is 18.4 Å². The lowest BCUT2D eigenvalue weighted by atomic mass is 9.80. The maximum atomic E-state index is 12.3. The van der Waals surface area contributed by atoms with E-state index >= 15 is 0 Å². The Labute approximate surface area is 119 Å². The summed E-state index contributed by atoms with van der Waals surface area (Å²) in [5.74, 6) is -0.0962. The molecule has 0 fully saturated rings. The number of benzene rings is 1. The first kappa shape index (κ1) is 14.5. The minimum Gasteiger partial charge on any atom is -0.465 e. The van der Waals surface area contributed by atoms with Crippen LogP contribution in [0.15, 0.2) is 36.9 Å². The fourth-order valence-corrected chi connectivity index (χ4v) is 2.56. The van der Waals surface area contributed by atoms with Crippen molar-refractivity contribution in [1.82, 2.24) is 0 Å². The zero-order chi connectivity index (χ0) is 14.4. The van der Waals surface area contributed by atoms with Gasteiger partial charge in [-0.1, -0.05) is 30.3 Å². The van der Waals surface area contributed by atoms with Gasteiger partial charge in [0, 0.05) is 17.9 Å². The van der Waals surface area contributed by atoms with Crippen molar-refractivity contribution in [2.24, 2.45) is 5.92 Å². The summed E-state index contributed by atoms with van der Waals surface area (Å²) in [6, 6.07) is 7.74. The van der Waals surface area contributed by atoms with Gasteiger partial charge >= 0.3 is 5.97 Å². The standard InChI is InChI=1S/C17H20O3/c1-2-3-12-20-16(18)11-10-14-9-8-13-6-4-5-7-15(13)17(14)19/h2,4-7,14H,1,3,8-12H2. The molecule has 1 aromatic carbocycles. The van der Waals surface area contributed by atoms with E-state index in [-0.39, 0.29) is 17.7 Å². The number of ketones is 1. The molecule has 0 aromatic heterocycles. The Morgan fingerprint density at radius 2 is 2.20 bits per heavy atom.